The second-order valence-electron chi connectivity index (χ2n) is 4.71. The van der Waals surface area contributed by atoms with Crippen LogP contribution in [0.3, 0.4) is 0 Å². The molecule has 0 unspecified atom stereocenters. The number of halogens is 2. The van der Waals surface area contributed by atoms with Gasteiger partial charge in [0.05, 0.1) is 6.54 Å². The molecule has 21 heavy (non-hydrogen) atoms. The van der Waals surface area contributed by atoms with Gasteiger partial charge in [-0.25, -0.2) is 0 Å². The van der Waals surface area contributed by atoms with Gasteiger partial charge in [0, 0.05) is 20.3 Å². The summed E-state index contributed by atoms with van der Waals surface area (Å²) >= 11 is 8.09. The van der Waals surface area contributed by atoms with Crippen LogP contribution in [-0.2, 0) is 4.79 Å². The van der Waals surface area contributed by atoms with E-state index in [1.165, 1.54) is 0 Å². The van der Waals surface area contributed by atoms with Gasteiger partial charge in [-0.05, 0) is 71.5 Å². The van der Waals surface area contributed by atoms with E-state index in [0.717, 1.165) is 14.8 Å². The van der Waals surface area contributed by atoms with Crippen LogP contribution in [0.1, 0.15) is 18.5 Å². The number of carbonyl (C=O) groups excluding carboxylic acids is 1. The molecule has 0 bridgehead atoms. The summed E-state index contributed by atoms with van der Waals surface area (Å²) in [5, 5.41) is 6.76. The summed E-state index contributed by atoms with van der Waals surface area (Å²) in [6.45, 7) is 2.27. The topological polar surface area (TPSA) is 41.1 Å². The summed E-state index contributed by atoms with van der Waals surface area (Å²) in [6.07, 6.45) is 0. The molecule has 2 aromatic rings. The van der Waals surface area contributed by atoms with Crippen molar-refractivity contribution in [2.45, 2.75) is 13.0 Å². The quantitative estimate of drug-likeness (QED) is 0.719. The number of benzene rings is 2. The van der Waals surface area contributed by atoms with Gasteiger partial charge < -0.3 is 10.6 Å². The minimum Gasteiger partial charge on any atom is -0.325 e. The van der Waals surface area contributed by atoms with E-state index in [2.05, 4.69) is 33.2 Å². The van der Waals surface area contributed by atoms with E-state index in [1.54, 1.807) is 0 Å². The third kappa shape index (κ3) is 5.30. The molecular weight excluding hydrogens is 399 g/mol. The summed E-state index contributed by atoms with van der Waals surface area (Å²) in [4.78, 5) is 11.9. The molecular formula is C16H16ClIN2O. The van der Waals surface area contributed by atoms with Crippen LogP contribution in [0.2, 0.25) is 5.02 Å². The molecule has 0 aliphatic heterocycles. The fourth-order valence-corrected chi connectivity index (χ4v) is 2.34. The Morgan fingerprint density at radius 2 is 1.76 bits per heavy atom. The predicted molar refractivity (Wildman–Crippen MR) is 95.7 cm³/mol. The van der Waals surface area contributed by atoms with Gasteiger partial charge in [0.25, 0.3) is 0 Å². The summed E-state index contributed by atoms with van der Waals surface area (Å²) < 4.78 is 1.14. The molecule has 0 spiro atoms. The van der Waals surface area contributed by atoms with E-state index in [4.69, 9.17) is 11.6 Å². The second-order valence-corrected chi connectivity index (χ2v) is 6.39. The third-order valence-corrected chi connectivity index (χ3v) is 4.04. The van der Waals surface area contributed by atoms with Crippen molar-refractivity contribution in [1.29, 1.82) is 0 Å². The minimum absolute atomic E-state index is 0.0583. The SMILES string of the molecule is C[C@H](NCC(=O)Nc1ccc(I)cc1)c1ccc(Cl)cc1. The molecule has 1 atom stereocenters. The van der Waals surface area contributed by atoms with E-state index in [0.29, 0.717) is 5.02 Å². The van der Waals surface area contributed by atoms with Gasteiger partial charge in [-0.2, -0.15) is 0 Å². The lowest BCUT2D eigenvalue weighted by Crippen LogP contribution is -2.30. The Hall–Kier alpha value is -1.11. The number of hydrogen-bond acceptors (Lipinski definition) is 2. The Balaban J connectivity index is 1.83. The zero-order valence-electron chi connectivity index (χ0n) is 11.6. The number of anilines is 1. The highest BCUT2D eigenvalue weighted by Crippen LogP contribution is 2.16. The molecule has 2 N–H and O–H groups in total. The van der Waals surface area contributed by atoms with E-state index in [1.807, 2.05) is 55.5 Å². The van der Waals surface area contributed by atoms with Crippen molar-refractivity contribution in [3.63, 3.8) is 0 Å². The summed E-state index contributed by atoms with van der Waals surface area (Å²) in [5.41, 5.74) is 1.91. The van der Waals surface area contributed by atoms with Crippen LogP contribution < -0.4 is 10.6 Å². The van der Waals surface area contributed by atoms with Crippen molar-refractivity contribution in [2.75, 3.05) is 11.9 Å². The maximum absolute atomic E-state index is 11.9. The largest absolute Gasteiger partial charge is 0.325 e. The molecule has 0 radical (unpaired) electrons. The van der Waals surface area contributed by atoms with Gasteiger partial charge in [-0.1, -0.05) is 23.7 Å². The minimum atomic E-state index is -0.0583. The Morgan fingerprint density at radius 1 is 1.14 bits per heavy atom. The number of amides is 1. The van der Waals surface area contributed by atoms with Crippen molar-refractivity contribution < 1.29 is 4.79 Å². The van der Waals surface area contributed by atoms with Crippen LogP contribution in [0.5, 0.6) is 0 Å². The molecule has 3 nitrogen and oxygen atoms in total. The van der Waals surface area contributed by atoms with Crippen LogP contribution in [0, 0.1) is 3.57 Å². The highest BCUT2D eigenvalue weighted by atomic mass is 127. The average Bonchev–Trinajstić information content (AvgIpc) is 2.48. The van der Waals surface area contributed by atoms with Crippen LogP contribution in [-0.4, -0.2) is 12.5 Å². The first-order valence-electron chi connectivity index (χ1n) is 6.59. The van der Waals surface area contributed by atoms with Crippen molar-refractivity contribution in [3.8, 4) is 0 Å². The van der Waals surface area contributed by atoms with Gasteiger partial charge in [-0.3, -0.25) is 4.79 Å². The second kappa shape index (κ2) is 7.77. The fourth-order valence-electron chi connectivity index (χ4n) is 1.85. The molecule has 2 rings (SSSR count). The van der Waals surface area contributed by atoms with Crippen LogP contribution in [0.25, 0.3) is 0 Å². The molecule has 110 valence electrons. The smallest absolute Gasteiger partial charge is 0.238 e. The van der Waals surface area contributed by atoms with Crippen LogP contribution in [0.4, 0.5) is 5.69 Å². The summed E-state index contributed by atoms with van der Waals surface area (Å²) in [5.74, 6) is -0.0583. The number of rotatable bonds is 5. The monoisotopic (exact) mass is 414 g/mol. The first-order chi connectivity index (χ1) is 10.0. The first-order valence-corrected chi connectivity index (χ1v) is 8.04. The van der Waals surface area contributed by atoms with Gasteiger partial charge in [-0.15, -0.1) is 0 Å². The number of hydrogen-bond donors (Lipinski definition) is 2. The van der Waals surface area contributed by atoms with Crippen molar-refractivity contribution >= 4 is 45.8 Å². The molecule has 0 aliphatic carbocycles. The lowest BCUT2D eigenvalue weighted by atomic mass is 10.1. The van der Waals surface area contributed by atoms with E-state index in [9.17, 15) is 4.79 Å². The Labute approximate surface area is 143 Å². The maximum Gasteiger partial charge on any atom is 0.238 e. The lowest BCUT2D eigenvalue weighted by Gasteiger charge is -2.14. The number of nitrogens with one attached hydrogen (secondary N) is 2. The Kier molecular flexibility index (Phi) is 6.02. The van der Waals surface area contributed by atoms with Gasteiger partial charge >= 0.3 is 0 Å². The molecule has 0 aliphatic rings. The first kappa shape index (κ1) is 16.3. The summed E-state index contributed by atoms with van der Waals surface area (Å²) in [6, 6.07) is 15.4. The Morgan fingerprint density at radius 3 is 2.38 bits per heavy atom. The number of carbonyl (C=O) groups is 1. The van der Waals surface area contributed by atoms with Crippen molar-refractivity contribution in [3.05, 3.63) is 62.7 Å². The maximum atomic E-state index is 11.9. The zero-order valence-corrected chi connectivity index (χ0v) is 14.5. The van der Waals surface area contributed by atoms with Gasteiger partial charge in [0.2, 0.25) is 5.91 Å². The normalized spacial score (nSPS) is 12.0. The van der Waals surface area contributed by atoms with Crippen LogP contribution >= 0.6 is 34.2 Å². The molecule has 1 amide bonds. The summed E-state index contributed by atoms with van der Waals surface area (Å²) in [7, 11) is 0. The van der Waals surface area contributed by atoms with E-state index >= 15 is 0 Å². The van der Waals surface area contributed by atoms with Crippen molar-refractivity contribution in [2.24, 2.45) is 0 Å². The standard InChI is InChI=1S/C16H16ClIN2O/c1-11(12-2-4-13(17)5-3-12)19-10-16(21)20-15-8-6-14(18)7-9-15/h2-9,11,19H,10H2,1H3,(H,20,21)/t11-/m0/s1. The molecule has 0 heterocycles. The van der Waals surface area contributed by atoms with E-state index < -0.39 is 0 Å². The Bertz CT molecular complexity index is 599. The zero-order chi connectivity index (χ0) is 15.2. The van der Waals surface area contributed by atoms with E-state index in [-0.39, 0.29) is 18.5 Å². The molecule has 0 saturated carbocycles. The molecule has 0 aromatic heterocycles. The third-order valence-electron chi connectivity index (χ3n) is 3.07. The van der Waals surface area contributed by atoms with Gasteiger partial charge in [0.1, 0.15) is 0 Å². The molecule has 0 fully saturated rings. The lowest BCUT2D eigenvalue weighted by molar-refractivity contribution is -0.115. The molecule has 2 aromatic carbocycles. The predicted octanol–water partition coefficient (Wildman–Crippen LogP) is 4.23. The molecule has 0 saturated heterocycles. The fraction of sp³-hybridized carbons (Fsp3) is 0.188. The van der Waals surface area contributed by atoms with Crippen molar-refractivity contribution in [1.82, 2.24) is 5.32 Å². The van der Waals surface area contributed by atoms with Crippen LogP contribution in [0.15, 0.2) is 48.5 Å². The molecule has 5 heteroatoms. The highest BCUT2D eigenvalue weighted by Gasteiger charge is 2.08. The average molecular weight is 415 g/mol. The van der Waals surface area contributed by atoms with Gasteiger partial charge in [0.15, 0.2) is 0 Å². The highest BCUT2D eigenvalue weighted by molar-refractivity contribution is 14.1.